The van der Waals surface area contributed by atoms with Gasteiger partial charge >= 0.3 is 0 Å². The van der Waals surface area contributed by atoms with Crippen molar-refractivity contribution in [1.82, 2.24) is 0 Å². The smallest absolute Gasteiger partial charge is 0.180 e. The highest BCUT2D eigenvalue weighted by molar-refractivity contribution is 6.32. The number of hydrogen-bond donors (Lipinski definition) is 0. The molecule has 0 aromatic heterocycles. The predicted molar refractivity (Wildman–Crippen MR) is 72.7 cm³/mol. The van der Waals surface area contributed by atoms with Gasteiger partial charge in [-0.3, -0.25) is 0 Å². The zero-order chi connectivity index (χ0) is 12.7. The molecule has 0 spiro atoms. The summed E-state index contributed by atoms with van der Waals surface area (Å²) in [5.74, 6) is 3.38. The number of rotatable bonds is 4. The van der Waals surface area contributed by atoms with Crippen molar-refractivity contribution in [3.05, 3.63) is 22.7 Å². The van der Waals surface area contributed by atoms with Gasteiger partial charge in [0.15, 0.2) is 11.5 Å². The van der Waals surface area contributed by atoms with E-state index in [1.165, 1.54) is 18.4 Å². The van der Waals surface area contributed by atoms with E-state index in [-0.39, 0.29) is 0 Å². The van der Waals surface area contributed by atoms with Crippen LogP contribution in [-0.4, -0.2) is 13.2 Å². The molecule has 98 valence electrons. The first-order valence-electron chi connectivity index (χ1n) is 6.74. The van der Waals surface area contributed by atoms with Gasteiger partial charge < -0.3 is 9.47 Å². The molecule has 0 amide bonds. The van der Waals surface area contributed by atoms with Crippen LogP contribution >= 0.6 is 11.6 Å². The average molecular weight is 267 g/mol. The summed E-state index contributed by atoms with van der Waals surface area (Å²) in [4.78, 5) is 0. The van der Waals surface area contributed by atoms with Crippen LogP contribution in [-0.2, 0) is 0 Å². The maximum atomic E-state index is 6.23. The molecule has 0 saturated heterocycles. The number of ether oxygens (including phenoxy) is 2. The molecule has 1 aromatic rings. The molecule has 1 fully saturated rings. The van der Waals surface area contributed by atoms with Crippen LogP contribution in [0.4, 0.5) is 0 Å². The summed E-state index contributed by atoms with van der Waals surface area (Å²) in [6, 6.07) is 4.02. The van der Waals surface area contributed by atoms with Crippen molar-refractivity contribution < 1.29 is 9.47 Å². The molecule has 1 saturated carbocycles. The maximum absolute atomic E-state index is 6.23. The summed E-state index contributed by atoms with van der Waals surface area (Å²) in [6.07, 6.45) is 2.56. The Bertz CT molecular complexity index is 452. The van der Waals surface area contributed by atoms with Gasteiger partial charge in [-0.2, -0.15) is 0 Å². The molecule has 0 radical (unpaired) electrons. The zero-order valence-electron chi connectivity index (χ0n) is 10.9. The zero-order valence-corrected chi connectivity index (χ0v) is 11.7. The highest BCUT2D eigenvalue weighted by Gasteiger charge is 2.31. The fourth-order valence-corrected chi connectivity index (χ4v) is 2.63. The van der Waals surface area contributed by atoms with E-state index in [0.29, 0.717) is 16.9 Å². The summed E-state index contributed by atoms with van der Waals surface area (Å²) in [5, 5.41) is 0.666. The minimum Gasteiger partial charge on any atom is -0.489 e. The monoisotopic (exact) mass is 266 g/mol. The average Bonchev–Trinajstić information content (AvgIpc) is 3.05. The van der Waals surface area contributed by atoms with E-state index in [1.54, 1.807) is 0 Å². The molecule has 2 aliphatic rings. The van der Waals surface area contributed by atoms with Crippen molar-refractivity contribution in [3.8, 4) is 11.5 Å². The number of halogens is 1. The largest absolute Gasteiger partial charge is 0.489 e. The maximum Gasteiger partial charge on any atom is 0.180 e. The Labute approximate surface area is 113 Å². The first-order valence-corrected chi connectivity index (χ1v) is 7.12. The Hall–Kier alpha value is -0.890. The van der Waals surface area contributed by atoms with Gasteiger partial charge in [-0.25, -0.2) is 0 Å². The van der Waals surface area contributed by atoms with Crippen LogP contribution in [0.1, 0.15) is 38.2 Å². The fourth-order valence-electron chi connectivity index (χ4n) is 2.43. The fraction of sp³-hybridized carbons (Fsp3) is 0.600. The lowest BCUT2D eigenvalue weighted by molar-refractivity contribution is 0.263. The van der Waals surface area contributed by atoms with Gasteiger partial charge in [0.2, 0.25) is 0 Å². The van der Waals surface area contributed by atoms with E-state index in [2.05, 4.69) is 19.9 Å². The molecular formula is C15H19ClO2. The second-order valence-corrected chi connectivity index (χ2v) is 6.12. The Balaban J connectivity index is 1.88. The standard InChI is InChI=1S/C15H19ClO2/c1-9(2)12-8-18-14-11(12)5-6-13(16)15(14)17-7-10-3-4-10/h5-6,9-10,12H,3-4,7-8H2,1-2H3/t12-/m0/s1. The van der Waals surface area contributed by atoms with E-state index in [0.717, 1.165) is 30.6 Å². The number of benzene rings is 1. The third-order valence-electron chi connectivity index (χ3n) is 3.87. The second kappa shape index (κ2) is 4.65. The van der Waals surface area contributed by atoms with E-state index < -0.39 is 0 Å². The molecular weight excluding hydrogens is 248 g/mol. The summed E-state index contributed by atoms with van der Waals surface area (Å²) in [5.41, 5.74) is 1.25. The van der Waals surface area contributed by atoms with E-state index in [4.69, 9.17) is 21.1 Å². The predicted octanol–water partition coefficient (Wildman–Crippen LogP) is 4.26. The first kappa shape index (κ1) is 12.2. The highest BCUT2D eigenvalue weighted by atomic mass is 35.5. The van der Waals surface area contributed by atoms with Crippen LogP contribution in [0.5, 0.6) is 11.5 Å². The minimum atomic E-state index is 0.459. The molecule has 3 rings (SSSR count). The summed E-state index contributed by atoms with van der Waals surface area (Å²) in [6.45, 7) is 5.96. The van der Waals surface area contributed by atoms with Gasteiger partial charge in [0, 0.05) is 11.5 Å². The van der Waals surface area contributed by atoms with Crippen LogP contribution < -0.4 is 9.47 Å². The molecule has 18 heavy (non-hydrogen) atoms. The van der Waals surface area contributed by atoms with Crippen molar-refractivity contribution in [2.45, 2.75) is 32.6 Å². The van der Waals surface area contributed by atoms with Crippen molar-refractivity contribution in [3.63, 3.8) is 0 Å². The summed E-state index contributed by atoms with van der Waals surface area (Å²) >= 11 is 6.23. The third kappa shape index (κ3) is 2.18. The topological polar surface area (TPSA) is 18.5 Å². The Kier molecular flexibility index (Phi) is 3.14. The van der Waals surface area contributed by atoms with E-state index in [9.17, 15) is 0 Å². The molecule has 0 N–H and O–H groups in total. The van der Waals surface area contributed by atoms with Gasteiger partial charge in [-0.05, 0) is 30.7 Å². The lowest BCUT2D eigenvalue weighted by Gasteiger charge is -2.14. The molecule has 1 heterocycles. The van der Waals surface area contributed by atoms with Gasteiger partial charge in [-0.1, -0.05) is 31.5 Å². The Morgan fingerprint density at radius 1 is 1.39 bits per heavy atom. The number of fused-ring (bicyclic) bond motifs is 1. The molecule has 1 aromatic carbocycles. The van der Waals surface area contributed by atoms with E-state index >= 15 is 0 Å². The molecule has 3 heteroatoms. The molecule has 0 bridgehead atoms. The van der Waals surface area contributed by atoms with Crippen LogP contribution in [0.2, 0.25) is 5.02 Å². The van der Waals surface area contributed by atoms with Crippen LogP contribution in [0.3, 0.4) is 0 Å². The van der Waals surface area contributed by atoms with E-state index in [1.807, 2.05) is 6.07 Å². The second-order valence-electron chi connectivity index (χ2n) is 5.71. The SMILES string of the molecule is CC(C)[C@@H]1COc2c1ccc(Cl)c2OCC1CC1. The Morgan fingerprint density at radius 2 is 2.17 bits per heavy atom. The highest BCUT2D eigenvalue weighted by Crippen LogP contribution is 2.47. The quantitative estimate of drug-likeness (QED) is 0.811. The number of hydrogen-bond acceptors (Lipinski definition) is 2. The lowest BCUT2D eigenvalue weighted by atomic mass is 9.90. The van der Waals surface area contributed by atoms with Crippen LogP contribution in [0, 0.1) is 11.8 Å². The minimum absolute atomic E-state index is 0.459. The summed E-state index contributed by atoms with van der Waals surface area (Å²) in [7, 11) is 0. The van der Waals surface area contributed by atoms with Crippen molar-refractivity contribution in [2.24, 2.45) is 11.8 Å². The van der Waals surface area contributed by atoms with Gasteiger partial charge in [-0.15, -0.1) is 0 Å². The van der Waals surface area contributed by atoms with Crippen molar-refractivity contribution >= 4 is 11.6 Å². The Morgan fingerprint density at radius 3 is 2.83 bits per heavy atom. The normalized spacial score (nSPS) is 21.9. The molecule has 2 nitrogen and oxygen atoms in total. The molecule has 0 unspecified atom stereocenters. The van der Waals surface area contributed by atoms with Crippen molar-refractivity contribution in [1.29, 1.82) is 0 Å². The van der Waals surface area contributed by atoms with Crippen molar-refractivity contribution in [2.75, 3.05) is 13.2 Å². The molecule has 1 atom stereocenters. The lowest BCUT2D eigenvalue weighted by Crippen LogP contribution is -2.07. The molecule has 1 aliphatic carbocycles. The van der Waals surface area contributed by atoms with Crippen LogP contribution in [0.15, 0.2) is 12.1 Å². The third-order valence-corrected chi connectivity index (χ3v) is 4.16. The van der Waals surface area contributed by atoms with Gasteiger partial charge in [0.1, 0.15) is 0 Å². The van der Waals surface area contributed by atoms with Gasteiger partial charge in [0.05, 0.1) is 18.2 Å². The van der Waals surface area contributed by atoms with Crippen LogP contribution in [0.25, 0.3) is 0 Å². The van der Waals surface area contributed by atoms with Gasteiger partial charge in [0.25, 0.3) is 0 Å². The summed E-state index contributed by atoms with van der Waals surface area (Å²) < 4.78 is 11.7. The first-order chi connectivity index (χ1) is 8.66. The molecule has 1 aliphatic heterocycles.